The molecule has 2 aromatic rings. The van der Waals surface area contributed by atoms with Crippen LogP contribution in [0.4, 0.5) is 4.79 Å². The quantitative estimate of drug-likeness (QED) is 0.0542. The minimum atomic E-state index is -0.961. The number of urea groups is 1. The van der Waals surface area contributed by atoms with Gasteiger partial charge in [-0.25, -0.2) is 4.79 Å². The van der Waals surface area contributed by atoms with Crippen molar-refractivity contribution in [1.29, 1.82) is 0 Å². The van der Waals surface area contributed by atoms with Gasteiger partial charge in [0.2, 0.25) is 29.5 Å². The van der Waals surface area contributed by atoms with Crippen molar-refractivity contribution in [3.05, 3.63) is 71.8 Å². The third kappa shape index (κ3) is 24.9. The SMILES string of the molecule is CCCNC(=O)NCCCC(=O)NCCCCCCCC(=O)NC(Cc1ccccc1)C(=O)NC(Cc1ccccc1)C(=O)NCCNC(=O)CN1CCN(C)CCN(CC(=O)O)CC1. The molecule has 2 atom stereocenters. The van der Waals surface area contributed by atoms with Gasteiger partial charge in [0.05, 0.1) is 13.1 Å². The van der Waals surface area contributed by atoms with Crippen LogP contribution in [0.15, 0.2) is 60.7 Å². The molecule has 1 aliphatic rings. The molecule has 0 aliphatic carbocycles. The number of unbranched alkanes of at least 4 members (excludes halogenated alkanes) is 4. The minimum absolute atomic E-state index is 0.0473. The first-order chi connectivity index (χ1) is 31.4. The first-order valence-electron chi connectivity index (χ1n) is 23.3. The summed E-state index contributed by atoms with van der Waals surface area (Å²) in [5, 5.41) is 29.2. The smallest absolute Gasteiger partial charge is 0.317 e. The minimum Gasteiger partial charge on any atom is -0.480 e. The Balaban J connectivity index is 1.46. The highest BCUT2D eigenvalue weighted by atomic mass is 16.4. The van der Waals surface area contributed by atoms with E-state index < -0.39 is 29.9 Å². The Kier molecular flexibility index (Phi) is 26.6. The van der Waals surface area contributed by atoms with E-state index in [-0.39, 0.29) is 69.2 Å². The van der Waals surface area contributed by atoms with Crippen LogP contribution in [0, 0.1) is 0 Å². The van der Waals surface area contributed by atoms with Gasteiger partial charge in [-0.05, 0) is 43.9 Å². The lowest BCUT2D eigenvalue weighted by atomic mass is 10.0. The van der Waals surface area contributed by atoms with E-state index >= 15 is 0 Å². The molecular weight excluding hydrogens is 833 g/mol. The largest absolute Gasteiger partial charge is 0.480 e. The van der Waals surface area contributed by atoms with Crippen molar-refractivity contribution in [3.8, 4) is 0 Å². The van der Waals surface area contributed by atoms with E-state index in [0.29, 0.717) is 65.1 Å². The lowest BCUT2D eigenvalue weighted by Crippen LogP contribution is -2.55. The van der Waals surface area contributed by atoms with Gasteiger partial charge >= 0.3 is 12.0 Å². The summed E-state index contributed by atoms with van der Waals surface area (Å²) >= 11 is 0. The molecule has 0 bridgehead atoms. The predicted octanol–water partition coefficient (Wildman–Crippen LogP) is 1.25. The maximum absolute atomic E-state index is 14.0. The second-order valence-electron chi connectivity index (χ2n) is 16.6. The first kappa shape index (κ1) is 53.7. The van der Waals surface area contributed by atoms with Crippen LogP contribution in [0.3, 0.4) is 0 Å². The molecule has 2 unspecified atom stereocenters. The maximum Gasteiger partial charge on any atom is 0.317 e. The number of likely N-dealkylation sites (N-methyl/N-ethyl adjacent to an activating group) is 1. The molecular formula is C47H74N10O8. The normalized spacial score (nSPS) is 14.6. The van der Waals surface area contributed by atoms with Crippen molar-refractivity contribution in [1.82, 2.24) is 51.9 Å². The molecule has 65 heavy (non-hydrogen) atoms. The lowest BCUT2D eigenvalue weighted by molar-refractivity contribution is -0.138. The zero-order chi connectivity index (χ0) is 47.1. The number of benzene rings is 2. The molecule has 18 nitrogen and oxygen atoms in total. The number of aliphatic carboxylic acids is 1. The van der Waals surface area contributed by atoms with Gasteiger partial charge in [0.1, 0.15) is 12.1 Å². The van der Waals surface area contributed by atoms with Gasteiger partial charge in [0, 0.05) is 97.7 Å². The van der Waals surface area contributed by atoms with Gasteiger partial charge in [0.25, 0.3) is 0 Å². The monoisotopic (exact) mass is 907 g/mol. The van der Waals surface area contributed by atoms with Crippen molar-refractivity contribution < 1.29 is 38.7 Å². The molecule has 1 fully saturated rings. The summed E-state index contributed by atoms with van der Waals surface area (Å²) in [6.07, 6.45) is 6.47. The molecule has 2 aromatic carbocycles. The molecule has 0 spiro atoms. The van der Waals surface area contributed by atoms with E-state index in [1.165, 1.54) is 0 Å². The highest BCUT2D eigenvalue weighted by Gasteiger charge is 2.27. The maximum atomic E-state index is 14.0. The van der Waals surface area contributed by atoms with Gasteiger partial charge in [-0.15, -0.1) is 0 Å². The third-order valence-electron chi connectivity index (χ3n) is 11.0. The summed E-state index contributed by atoms with van der Waals surface area (Å²) < 4.78 is 0. The number of nitrogens with zero attached hydrogens (tertiary/aromatic N) is 3. The van der Waals surface area contributed by atoms with E-state index in [2.05, 4.69) is 42.1 Å². The molecule has 1 heterocycles. The molecule has 360 valence electrons. The Labute approximate surface area is 384 Å². The summed E-state index contributed by atoms with van der Waals surface area (Å²) in [7, 11) is 1.97. The van der Waals surface area contributed by atoms with Crippen LogP contribution in [-0.4, -0.2) is 166 Å². The second kappa shape index (κ2) is 32.1. The van der Waals surface area contributed by atoms with Gasteiger partial charge in [-0.2, -0.15) is 0 Å². The van der Waals surface area contributed by atoms with Crippen molar-refractivity contribution in [2.24, 2.45) is 0 Å². The van der Waals surface area contributed by atoms with E-state index in [4.69, 9.17) is 0 Å². The molecule has 7 amide bonds. The number of carboxylic acid groups (broad SMARTS) is 1. The van der Waals surface area contributed by atoms with E-state index in [1.54, 1.807) is 0 Å². The molecule has 3 rings (SSSR count). The van der Waals surface area contributed by atoms with Gasteiger partial charge in [-0.1, -0.05) is 86.8 Å². The zero-order valence-corrected chi connectivity index (χ0v) is 38.5. The molecule has 0 aromatic heterocycles. The number of hydrogen-bond acceptors (Lipinski definition) is 10. The summed E-state index contributed by atoms with van der Waals surface area (Å²) in [6.45, 7) is 7.80. The Morgan fingerprint density at radius 2 is 1.03 bits per heavy atom. The Morgan fingerprint density at radius 1 is 0.523 bits per heavy atom. The number of carboxylic acids is 1. The Morgan fingerprint density at radius 3 is 1.66 bits per heavy atom. The van der Waals surface area contributed by atoms with Crippen LogP contribution in [0.1, 0.15) is 75.8 Å². The average molecular weight is 907 g/mol. The highest BCUT2D eigenvalue weighted by molar-refractivity contribution is 5.92. The first-order valence-corrected chi connectivity index (χ1v) is 23.3. The fourth-order valence-corrected chi connectivity index (χ4v) is 7.19. The van der Waals surface area contributed by atoms with Crippen LogP contribution in [-0.2, 0) is 41.6 Å². The predicted molar refractivity (Wildman–Crippen MR) is 250 cm³/mol. The van der Waals surface area contributed by atoms with E-state index in [9.17, 15) is 38.7 Å². The number of carbonyl (C=O) groups excluding carboxylic acids is 6. The summed E-state index contributed by atoms with van der Waals surface area (Å²) in [5.74, 6) is -2.33. The number of nitrogens with one attached hydrogen (secondary N) is 7. The van der Waals surface area contributed by atoms with Crippen LogP contribution < -0.4 is 37.2 Å². The Bertz CT molecular complexity index is 1740. The van der Waals surface area contributed by atoms with Crippen molar-refractivity contribution >= 4 is 41.5 Å². The number of rotatable bonds is 29. The van der Waals surface area contributed by atoms with Crippen LogP contribution in [0.5, 0.6) is 0 Å². The molecule has 1 aliphatic heterocycles. The second-order valence-corrected chi connectivity index (χ2v) is 16.6. The van der Waals surface area contributed by atoms with Crippen molar-refractivity contribution in [2.75, 3.05) is 92.1 Å². The summed E-state index contributed by atoms with van der Waals surface area (Å²) in [4.78, 5) is 94.8. The van der Waals surface area contributed by atoms with Gasteiger partial charge in [-0.3, -0.25) is 38.6 Å². The van der Waals surface area contributed by atoms with Gasteiger partial charge < -0.3 is 47.2 Å². The zero-order valence-electron chi connectivity index (χ0n) is 38.5. The van der Waals surface area contributed by atoms with Crippen LogP contribution >= 0.6 is 0 Å². The Hall–Kier alpha value is -5.59. The van der Waals surface area contributed by atoms with Crippen molar-refractivity contribution in [2.45, 2.75) is 89.6 Å². The fourth-order valence-electron chi connectivity index (χ4n) is 7.19. The molecule has 8 N–H and O–H groups in total. The van der Waals surface area contributed by atoms with Crippen LogP contribution in [0.2, 0.25) is 0 Å². The number of amides is 7. The molecule has 1 saturated heterocycles. The highest BCUT2D eigenvalue weighted by Crippen LogP contribution is 2.10. The van der Waals surface area contributed by atoms with E-state index in [0.717, 1.165) is 56.3 Å². The van der Waals surface area contributed by atoms with Crippen molar-refractivity contribution in [3.63, 3.8) is 0 Å². The van der Waals surface area contributed by atoms with Crippen LogP contribution in [0.25, 0.3) is 0 Å². The molecule has 0 saturated carbocycles. The lowest BCUT2D eigenvalue weighted by Gasteiger charge is -2.24. The third-order valence-corrected chi connectivity index (χ3v) is 11.0. The number of hydrogen-bond donors (Lipinski definition) is 8. The summed E-state index contributed by atoms with van der Waals surface area (Å²) in [6, 6.07) is 16.6. The fraction of sp³-hybridized carbons (Fsp3) is 0.596. The topological polar surface area (TPSA) is 234 Å². The molecule has 18 heteroatoms. The van der Waals surface area contributed by atoms with Gasteiger partial charge in [0.15, 0.2) is 0 Å². The molecule has 0 radical (unpaired) electrons. The van der Waals surface area contributed by atoms with E-state index in [1.807, 2.05) is 84.4 Å². The number of carbonyl (C=O) groups is 7. The standard InChI is InChI=1S/C47H74N10O8/c1-3-22-51-47(65)52-24-15-21-41(58)48-23-14-6-4-5-13-20-42(59)53-40(34-38-18-11-8-12-19-38)46(64)54-39(33-37-16-9-7-10-17-37)45(63)50-26-25-49-43(60)35-56-29-27-55(2)28-30-57(32-31-56)36-44(61)62/h7-12,16-19,39-40H,3-6,13-15,20-36H2,1-2H3,(H,48,58)(H,49,60)(H,50,63)(H,53,59)(H,54,64)(H,61,62)(H2,51,52,65). The summed E-state index contributed by atoms with van der Waals surface area (Å²) in [5.41, 5.74) is 1.68. The average Bonchev–Trinajstić information content (AvgIpc) is 3.36.